The highest BCUT2D eigenvalue weighted by molar-refractivity contribution is 5.87. The fraction of sp³-hybridized carbons (Fsp3) is 0.188. The first-order chi connectivity index (χ1) is 17.9. The van der Waals surface area contributed by atoms with Gasteiger partial charge in [0.25, 0.3) is 0 Å². The van der Waals surface area contributed by atoms with Crippen molar-refractivity contribution in [1.29, 1.82) is 0 Å². The van der Waals surface area contributed by atoms with E-state index in [2.05, 4.69) is 50.2 Å². The van der Waals surface area contributed by atoms with Gasteiger partial charge in [-0.3, -0.25) is 0 Å². The molecule has 0 unspecified atom stereocenters. The number of hydrogen-bond donors (Lipinski definition) is 2. The van der Waals surface area contributed by atoms with Crippen LogP contribution < -0.4 is 0 Å². The quantitative estimate of drug-likeness (QED) is 0.285. The molecular formula is C32H36O5. The molecule has 0 aliphatic heterocycles. The van der Waals surface area contributed by atoms with E-state index in [1.54, 1.807) is 60.7 Å². The zero-order chi connectivity index (χ0) is 27.3. The number of carbonyl (C=O) groups is 2. The zero-order valence-corrected chi connectivity index (χ0v) is 21.7. The zero-order valence-electron chi connectivity index (χ0n) is 21.7. The summed E-state index contributed by atoms with van der Waals surface area (Å²) in [6.45, 7) is 7.82. The average molecular weight is 501 g/mol. The lowest BCUT2D eigenvalue weighted by atomic mass is 10.1. The topological polar surface area (TPSA) is 83.8 Å². The lowest BCUT2D eigenvalue weighted by molar-refractivity contribution is 0.0686. The Hall–Kier alpha value is -4.22. The number of carboxylic acids is 2. The molecule has 0 heterocycles. The van der Waals surface area contributed by atoms with Gasteiger partial charge in [-0.15, -0.1) is 0 Å². The molecule has 0 spiro atoms. The summed E-state index contributed by atoms with van der Waals surface area (Å²) in [6, 6.07) is 35.4. The maximum absolute atomic E-state index is 10.2. The van der Waals surface area contributed by atoms with Crippen LogP contribution in [-0.2, 0) is 17.8 Å². The Morgan fingerprint density at radius 2 is 1.05 bits per heavy atom. The van der Waals surface area contributed by atoms with Crippen LogP contribution in [0.25, 0.3) is 0 Å². The number of aryl methyl sites for hydroxylation is 2. The van der Waals surface area contributed by atoms with E-state index in [9.17, 15) is 9.59 Å². The summed E-state index contributed by atoms with van der Waals surface area (Å²) in [6.07, 6.45) is 1.14. The van der Waals surface area contributed by atoms with E-state index in [4.69, 9.17) is 14.9 Å². The Balaban J connectivity index is 0.000000247. The van der Waals surface area contributed by atoms with E-state index in [1.165, 1.54) is 16.7 Å². The Bertz CT molecular complexity index is 1090. The minimum Gasteiger partial charge on any atom is -0.478 e. The molecule has 4 rings (SSSR count). The van der Waals surface area contributed by atoms with Crippen LogP contribution in [-0.4, -0.2) is 28.8 Å². The predicted octanol–water partition coefficient (Wildman–Crippen LogP) is 7.55. The van der Waals surface area contributed by atoms with Gasteiger partial charge in [0.15, 0.2) is 0 Å². The highest BCUT2D eigenvalue weighted by atomic mass is 16.5. The van der Waals surface area contributed by atoms with Gasteiger partial charge in [-0.25, -0.2) is 9.59 Å². The van der Waals surface area contributed by atoms with Crippen LogP contribution in [0.4, 0.5) is 0 Å². The third kappa shape index (κ3) is 14.7. The molecule has 2 N–H and O–H groups in total. The summed E-state index contributed by atoms with van der Waals surface area (Å²) in [5.74, 6) is -1.76. The van der Waals surface area contributed by atoms with E-state index in [0.29, 0.717) is 11.1 Å². The van der Waals surface area contributed by atoms with Gasteiger partial charge in [0.2, 0.25) is 0 Å². The van der Waals surface area contributed by atoms with Crippen molar-refractivity contribution in [3.05, 3.63) is 143 Å². The van der Waals surface area contributed by atoms with Gasteiger partial charge in [0.1, 0.15) is 0 Å². The normalized spacial score (nSPS) is 9.27. The lowest BCUT2D eigenvalue weighted by Crippen LogP contribution is -1.93. The monoisotopic (exact) mass is 500 g/mol. The minimum absolute atomic E-state index is 0.331. The molecule has 0 saturated heterocycles. The molecule has 194 valence electrons. The van der Waals surface area contributed by atoms with Crippen molar-refractivity contribution in [2.24, 2.45) is 0 Å². The summed E-state index contributed by atoms with van der Waals surface area (Å²) in [7, 11) is 0. The van der Waals surface area contributed by atoms with Crippen molar-refractivity contribution in [3.8, 4) is 0 Å². The summed E-state index contributed by atoms with van der Waals surface area (Å²) in [5.41, 5.74) is 4.68. The van der Waals surface area contributed by atoms with Crippen LogP contribution >= 0.6 is 0 Å². The molecule has 5 heteroatoms. The average Bonchev–Trinajstić information content (AvgIpc) is 2.94. The van der Waals surface area contributed by atoms with E-state index < -0.39 is 11.9 Å². The van der Waals surface area contributed by atoms with Gasteiger partial charge in [-0.05, 0) is 55.7 Å². The van der Waals surface area contributed by atoms with E-state index in [-0.39, 0.29) is 0 Å². The molecule has 0 aliphatic carbocycles. The second kappa shape index (κ2) is 19.0. The molecule has 0 fully saturated rings. The van der Waals surface area contributed by atoms with Crippen LogP contribution in [0.5, 0.6) is 0 Å². The van der Waals surface area contributed by atoms with Crippen LogP contribution in [0.3, 0.4) is 0 Å². The van der Waals surface area contributed by atoms with E-state index in [1.807, 2.05) is 25.1 Å². The van der Waals surface area contributed by atoms with Gasteiger partial charge < -0.3 is 14.9 Å². The largest absolute Gasteiger partial charge is 0.478 e. The van der Waals surface area contributed by atoms with Crippen molar-refractivity contribution in [2.45, 2.75) is 33.8 Å². The molecule has 0 bridgehead atoms. The number of ether oxygens (including phenoxy) is 1. The van der Waals surface area contributed by atoms with Gasteiger partial charge in [0.05, 0.1) is 17.7 Å². The van der Waals surface area contributed by atoms with Crippen molar-refractivity contribution in [3.63, 3.8) is 0 Å². The SMILES string of the molecule is CCOCc1ccccc1.CCc1cccc(C)c1.O=C(O)c1ccccc1.O=C(O)c1ccccc1. The fourth-order valence-corrected chi connectivity index (χ4v) is 2.89. The molecule has 0 aromatic heterocycles. The highest BCUT2D eigenvalue weighted by Gasteiger charge is 1.97. The molecule has 0 saturated carbocycles. The Morgan fingerprint density at radius 1 is 0.622 bits per heavy atom. The van der Waals surface area contributed by atoms with Crippen LogP contribution in [0.15, 0.2) is 115 Å². The first-order valence-electron chi connectivity index (χ1n) is 12.1. The molecule has 0 aliphatic rings. The molecule has 0 atom stereocenters. The molecule has 5 nitrogen and oxygen atoms in total. The third-order valence-electron chi connectivity index (χ3n) is 4.85. The summed E-state index contributed by atoms with van der Waals surface area (Å²) in [5, 5.41) is 16.8. The van der Waals surface area contributed by atoms with Crippen molar-refractivity contribution >= 4 is 11.9 Å². The van der Waals surface area contributed by atoms with Gasteiger partial charge in [-0.2, -0.15) is 0 Å². The van der Waals surface area contributed by atoms with E-state index in [0.717, 1.165) is 19.6 Å². The summed E-state index contributed by atoms with van der Waals surface area (Å²) < 4.78 is 5.22. The summed E-state index contributed by atoms with van der Waals surface area (Å²) >= 11 is 0. The standard InChI is InChI=1S/C9H12O.C9H12.2C7H6O2/c1-2-10-8-9-6-4-3-5-7-9;1-3-9-6-4-5-8(2)7-9;2*8-7(9)6-4-2-1-3-5-6/h3-7H,2,8H2,1H3;4-7H,3H2,1-2H3;2*1-5H,(H,8,9). The predicted molar refractivity (Wildman–Crippen MR) is 149 cm³/mol. The smallest absolute Gasteiger partial charge is 0.335 e. The molecule has 0 amide bonds. The molecule has 4 aromatic rings. The Kier molecular flexibility index (Phi) is 15.8. The van der Waals surface area contributed by atoms with Crippen molar-refractivity contribution in [2.75, 3.05) is 6.61 Å². The third-order valence-corrected chi connectivity index (χ3v) is 4.85. The van der Waals surface area contributed by atoms with Crippen LogP contribution in [0, 0.1) is 6.92 Å². The number of hydrogen-bond acceptors (Lipinski definition) is 3. The minimum atomic E-state index is -0.879. The highest BCUT2D eigenvalue weighted by Crippen LogP contribution is 2.03. The molecule has 4 aromatic carbocycles. The number of benzene rings is 4. The Morgan fingerprint density at radius 3 is 1.38 bits per heavy atom. The maximum Gasteiger partial charge on any atom is 0.335 e. The molecular weight excluding hydrogens is 464 g/mol. The van der Waals surface area contributed by atoms with Gasteiger partial charge in [-0.1, -0.05) is 103 Å². The second-order valence-electron chi connectivity index (χ2n) is 7.81. The van der Waals surface area contributed by atoms with Crippen LogP contribution in [0.1, 0.15) is 51.3 Å². The summed E-state index contributed by atoms with van der Waals surface area (Å²) in [4.78, 5) is 20.4. The van der Waals surface area contributed by atoms with E-state index >= 15 is 0 Å². The van der Waals surface area contributed by atoms with Crippen LogP contribution in [0.2, 0.25) is 0 Å². The first kappa shape index (κ1) is 30.8. The van der Waals surface area contributed by atoms with Gasteiger partial charge in [0, 0.05) is 6.61 Å². The van der Waals surface area contributed by atoms with Crippen molar-refractivity contribution in [1.82, 2.24) is 0 Å². The lowest BCUT2D eigenvalue weighted by Gasteiger charge is -1.98. The molecule has 37 heavy (non-hydrogen) atoms. The first-order valence-corrected chi connectivity index (χ1v) is 12.1. The number of aromatic carboxylic acids is 2. The number of rotatable bonds is 6. The van der Waals surface area contributed by atoms with Crippen molar-refractivity contribution < 1.29 is 24.5 Å². The molecule has 0 radical (unpaired) electrons. The maximum atomic E-state index is 10.2. The number of carboxylic acid groups (broad SMARTS) is 2. The Labute approximate surface area is 220 Å². The second-order valence-corrected chi connectivity index (χ2v) is 7.81. The van der Waals surface area contributed by atoms with Gasteiger partial charge >= 0.3 is 11.9 Å². The fourth-order valence-electron chi connectivity index (χ4n) is 2.89.